The maximum atomic E-state index is 12.3. The molecule has 0 radical (unpaired) electrons. The molecule has 0 aliphatic carbocycles. The molecule has 0 saturated heterocycles. The number of rotatable bonds is 15. The number of aromatic hydroxyl groups is 1. The van der Waals surface area contributed by atoms with Crippen LogP contribution in [0.1, 0.15) is 12.0 Å². The van der Waals surface area contributed by atoms with Gasteiger partial charge in [0.2, 0.25) is 0 Å². The molecule has 276 valence electrons. The minimum atomic E-state index is -5.25. The Morgan fingerprint density at radius 3 is 2.12 bits per heavy atom. The second-order valence-corrected chi connectivity index (χ2v) is 18.3. The summed E-state index contributed by atoms with van der Waals surface area (Å²) in [7, 11) is -18.8. The van der Waals surface area contributed by atoms with Crippen molar-refractivity contribution in [3.63, 3.8) is 0 Å². The zero-order valence-electron chi connectivity index (χ0n) is 25.5. The van der Waals surface area contributed by atoms with Crippen molar-refractivity contribution < 1.29 is 61.7 Å². The molecule has 7 N–H and O–H groups in total. The van der Waals surface area contributed by atoms with E-state index in [4.69, 9.17) is 19.6 Å². The van der Waals surface area contributed by atoms with Crippen molar-refractivity contribution in [1.29, 1.82) is 0 Å². The quantitative estimate of drug-likeness (QED) is 0.0320. The zero-order chi connectivity index (χ0) is 37.9. The van der Waals surface area contributed by atoms with E-state index in [-0.39, 0.29) is 46.4 Å². The van der Waals surface area contributed by atoms with Gasteiger partial charge >= 0.3 is 0 Å². The van der Waals surface area contributed by atoms with Crippen LogP contribution >= 0.6 is 23.1 Å². The molecule has 27 heteroatoms. The third-order valence-electron chi connectivity index (χ3n) is 6.30. The van der Waals surface area contributed by atoms with Crippen LogP contribution < -0.4 is 10.5 Å². The van der Waals surface area contributed by atoms with Crippen molar-refractivity contribution in [3.8, 4) is 11.5 Å². The fourth-order valence-corrected chi connectivity index (χ4v) is 8.62. The third kappa shape index (κ3) is 10.8. The summed E-state index contributed by atoms with van der Waals surface area (Å²) in [6.07, 6.45) is -0.194. The van der Waals surface area contributed by atoms with Gasteiger partial charge in [-0.25, -0.2) is 0 Å². The number of hydrogen-bond donors (Lipinski definition) is 6. The molecule has 0 bridgehead atoms. The molecule has 1 aromatic heterocycles. The van der Waals surface area contributed by atoms with E-state index in [0.717, 1.165) is 35.2 Å². The van der Waals surface area contributed by atoms with Crippen LogP contribution in [0.2, 0.25) is 0 Å². The smallest absolute Gasteiger partial charge is 0.297 e. The molecule has 0 saturated carbocycles. The minimum Gasteiger partial charge on any atom is -0.505 e. The Labute approximate surface area is 297 Å². The van der Waals surface area contributed by atoms with Gasteiger partial charge in [0.05, 0.1) is 29.5 Å². The Bertz CT molecular complexity index is 2500. The maximum Gasteiger partial charge on any atom is 0.297 e. The third-order valence-corrected chi connectivity index (χ3v) is 11.9. The number of ether oxygens (including phenoxy) is 1. The maximum absolute atomic E-state index is 12.3. The molecule has 4 aromatic rings. The summed E-state index contributed by atoms with van der Waals surface area (Å²) in [5.74, 6) is -2.28. The zero-order valence-corrected chi connectivity index (χ0v) is 30.4. The van der Waals surface area contributed by atoms with E-state index >= 15 is 0 Å². The lowest BCUT2D eigenvalue weighted by Gasteiger charge is -2.13. The SMILES string of the molecule is Cc1cc(N=Nc2c(S(=O)(=O)O)cc3c(S(=O)(=O)O)c(N)ccc3c2O)c(OCCCS(=O)(=O)O)cc1N=Nc1nnc(SCCS(=O)(=O)O)s1. The van der Waals surface area contributed by atoms with Gasteiger partial charge in [-0.15, -0.1) is 30.7 Å². The second kappa shape index (κ2) is 15.4. The van der Waals surface area contributed by atoms with E-state index in [1.807, 2.05) is 0 Å². The molecule has 0 unspecified atom stereocenters. The van der Waals surface area contributed by atoms with Gasteiger partial charge < -0.3 is 15.6 Å². The number of nitrogen functional groups attached to an aromatic ring is 1. The van der Waals surface area contributed by atoms with Gasteiger partial charge in [-0.2, -0.15) is 33.7 Å². The number of anilines is 1. The molecular formula is C24H25N7O14S6. The lowest BCUT2D eigenvalue weighted by molar-refractivity contribution is 0.317. The van der Waals surface area contributed by atoms with Gasteiger partial charge in [0, 0.05) is 22.6 Å². The van der Waals surface area contributed by atoms with Crippen LogP contribution in [0.5, 0.6) is 11.5 Å². The summed E-state index contributed by atoms with van der Waals surface area (Å²) in [6, 6.07) is 5.35. The topological polar surface area (TPSA) is 348 Å². The second-order valence-electron chi connectivity index (χ2n) is 10.1. The molecule has 0 fully saturated rings. The van der Waals surface area contributed by atoms with Crippen LogP contribution in [0, 0.1) is 6.92 Å². The molecule has 0 spiro atoms. The molecule has 0 amide bonds. The Balaban J connectivity index is 1.76. The van der Waals surface area contributed by atoms with Gasteiger partial charge in [0.15, 0.2) is 10.1 Å². The largest absolute Gasteiger partial charge is 0.505 e. The summed E-state index contributed by atoms with van der Waals surface area (Å²) in [5, 5.41) is 33.7. The fourth-order valence-electron chi connectivity index (χ4n) is 4.11. The molecule has 51 heavy (non-hydrogen) atoms. The Kier molecular flexibility index (Phi) is 12.0. The highest BCUT2D eigenvalue weighted by Gasteiger charge is 2.27. The monoisotopic (exact) mass is 827 g/mol. The van der Waals surface area contributed by atoms with Crippen LogP contribution in [-0.2, 0) is 40.5 Å². The van der Waals surface area contributed by atoms with Crippen molar-refractivity contribution in [2.24, 2.45) is 20.5 Å². The van der Waals surface area contributed by atoms with E-state index in [2.05, 4.69) is 30.7 Å². The average Bonchev–Trinajstić information content (AvgIpc) is 3.43. The van der Waals surface area contributed by atoms with Crippen LogP contribution in [0.3, 0.4) is 0 Å². The van der Waals surface area contributed by atoms with Crippen molar-refractivity contribution in [2.75, 3.05) is 29.6 Å². The first kappa shape index (κ1) is 39.8. The van der Waals surface area contributed by atoms with Crippen LogP contribution in [-0.4, -0.2) is 91.1 Å². The molecule has 0 aliphatic heterocycles. The van der Waals surface area contributed by atoms with Crippen LogP contribution in [0.15, 0.2) is 64.9 Å². The predicted octanol–water partition coefficient (Wildman–Crippen LogP) is 4.25. The number of hydrogen-bond acceptors (Lipinski definition) is 19. The van der Waals surface area contributed by atoms with Gasteiger partial charge in [0.1, 0.15) is 26.9 Å². The predicted molar refractivity (Wildman–Crippen MR) is 183 cm³/mol. The highest BCUT2D eigenvalue weighted by atomic mass is 32.2. The van der Waals surface area contributed by atoms with Gasteiger partial charge in [-0.3, -0.25) is 18.2 Å². The normalized spacial score (nSPS) is 13.1. The first-order chi connectivity index (χ1) is 23.5. The average molecular weight is 828 g/mol. The van der Waals surface area contributed by atoms with Gasteiger partial charge in [0.25, 0.3) is 45.6 Å². The van der Waals surface area contributed by atoms with E-state index in [9.17, 15) is 47.9 Å². The summed E-state index contributed by atoms with van der Waals surface area (Å²) in [4.78, 5) is -2.05. The van der Waals surface area contributed by atoms with Crippen molar-refractivity contribution in [1.82, 2.24) is 10.2 Å². The standard InChI is InChI=1S/C24H25N7O14S6/c1-12-9-17(27-28-20-19(50(39,40)41)10-14-13(21(20)32)3-4-15(25)22(14)51(42,43)44)18(45-5-2-7-48(33,34)35)11-16(12)26-29-23-30-31-24(47-23)46-6-8-49(36,37)38/h3-4,9-11,32H,2,5-8,25H2,1H3,(H,33,34,35)(H,36,37,38)(H,39,40,41)(H,42,43,44). The number of azo groups is 2. The number of aromatic nitrogens is 2. The van der Waals surface area contributed by atoms with Crippen molar-refractivity contribution >= 4 is 102 Å². The fraction of sp³-hybridized carbons (Fsp3) is 0.250. The van der Waals surface area contributed by atoms with Crippen LogP contribution in [0.25, 0.3) is 10.8 Å². The highest BCUT2D eigenvalue weighted by Crippen LogP contribution is 2.45. The Morgan fingerprint density at radius 2 is 1.49 bits per heavy atom. The van der Waals surface area contributed by atoms with Gasteiger partial charge in [-0.05, 0) is 43.2 Å². The number of nitrogens with two attached hydrogens (primary N) is 1. The first-order valence-corrected chi connectivity index (χ1v) is 21.4. The molecule has 0 atom stereocenters. The highest BCUT2D eigenvalue weighted by molar-refractivity contribution is 8.01. The first-order valence-electron chi connectivity index (χ1n) is 13.5. The number of aryl methyl sites for hydroxylation is 1. The van der Waals surface area contributed by atoms with Crippen LogP contribution in [0.4, 0.5) is 27.9 Å². The number of phenols is 1. The van der Waals surface area contributed by atoms with E-state index in [1.165, 1.54) is 12.1 Å². The van der Waals surface area contributed by atoms with E-state index in [0.29, 0.717) is 16.0 Å². The summed E-state index contributed by atoms with van der Waals surface area (Å²) >= 11 is 1.97. The minimum absolute atomic E-state index is 0.000951. The molecule has 3 aromatic carbocycles. The number of thioether (sulfide) groups is 1. The molecule has 21 nitrogen and oxygen atoms in total. The number of fused-ring (bicyclic) bond motifs is 1. The molecule has 4 rings (SSSR count). The Hall–Kier alpha value is -3.93. The van der Waals surface area contributed by atoms with E-state index in [1.54, 1.807) is 6.92 Å². The molecule has 0 aliphatic rings. The Morgan fingerprint density at radius 1 is 0.824 bits per heavy atom. The van der Waals surface area contributed by atoms with Crippen molar-refractivity contribution in [2.45, 2.75) is 27.5 Å². The van der Waals surface area contributed by atoms with Gasteiger partial charge in [-0.1, -0.05) is 23.1 Å². The molecule has 1 heterocycles. The summed E-state index contributed by atoms with van der Waals surface area (Å²) in [5.41, 5.74) is 4.69. The summed E-state index contributed by atoms with van der Waals surface area (Å²) in [6.45, 7) is 1.24. The number of phenolic OH excluding ortho intramolecular Hbond substituents is 1. The van der Waals surface area contributed by atoms with E-state index < -0.39 is 84.3 Å². The number of nitrogens with zero attached hydrogens (tertiary/aromatic N) is 6. The molecular weight excluding hydrogens is 803 g/mol. The number of benzene rings is 3. The van der Waals surface area contributed by atoms with Crippen molar-refractivity contribution in [3.05, 3.63) is 35.9 Å². The lowest BCUT2D eigenvalue weighted by atomic mass is 10.1. The summed E-state index contributed by atoms with van der Waals surface area (Å²) < 4.78 is 136. The lowest BCUT2D eigenvalue weighted by Crippen LogP contribution is -2.08.